The number of anilines is 2. The second kappa shape index (κ2) is 8.74. The average Bonchev–Trinajstić information content (AvgIpc) is 3.05. The Kier molecular flexibility index (Phi) is 6.37. The molecule has 0 bridgehead atoms. The van der Waals surface area contributed by atoms with Gasteiger partial charge in [0, 0.05) is 11.4 Å². The van der Waals surface area contributed by atoms with Crippen molar-refractivity contribution in [1.29, 1.82) is 0 Å². The summed E-state index contributed by atoms with van der Waals surface area (Å²) in [6.07, 6.45) is 3.34. The molecule has 0 saturated heterocycles. The Hall–Kier alpha value is -2.08. The number of halogens is 2. The van der Waals surface area contributed by atoms with Crippen LogP contribution in [0.25, 0.3) is 0 Å². The third-order valence-corrected chi connectivity index (χ3v) is 5.15. The molecule has 0 aromatic heterocycles. The molecule has 0 atom stereocenters. The summed E-state index contributed by atoms with van der Waals surface area (Å²) in [5, 5.41) is 6.43. The van der Waals surface area contributed by atoms with Crippen molar-refractivity contribution >= 4 is 46.4 Å². The fourth-order valence-corrected chi connectivity index (χ4v) is 3.47. The van der Waals surface area contributed by atoms with Crippen LogP contribution in [0.4, 0.5) is 11.4 Å². The van der Waals surface area contributed by atoms with Crippen molar-refractivity contribution in [2.24, 2.45) is 0 Å². The number of likely N-dealkylation sites (N-methyl/N-ethyl adjacent to an activating group) is 1. The number of amides is 2. The van der Waals surface area contributed by atoms with Gasteiger partial charge in [-0.1, -0.05) is 29.3 Å². The molecule has 1 aliphatic rings. The van der Waals surface area contributed by atoms with Gasteiger partial charge < -0.3 is 10.6 Å². The summed E-state index contributed by atoms with van der Waals surface area (Å²) in [5.41, 5.74) is 4.03. The Morgan fingerprint density at radius 1 is 0.889 bits per heavy atom. The normalized spacial score (nSPS) is 12.7. The van der Waals surface area contributed by atoms with Crippen LogP contribution in [0.2, 0.25) is 10.0 Å². The smallest absolute Gasteiger partial charge is 0.238 e. The number of carbonyl (C=O) groups excluding carboxylic acids is 2. The Bertz CT molecular complexity index is 870. The molecule has 2 aromatic rings. The maximum atomic E-state index is 12.2. The number of hydrogen-bond donors (Lipinski definition) is 2. The van der Waals surface area contributed by atoms with E-state index in [0.29, 0.717) is 15.7 Å². The minimum Gasteiger partial charge on any atom is -0.325 e. The molecule has 0 radical (unpaired) electrons. The van der Waals surface area contributed by atoms with E-state index in [1.165, 1.54) is 17.5 Å². The van der Waals surface area contributed by atoms with Crippen LogP contribution < -0.4 is 10.6 Å². The van der Waals surface area contributed by atoms with Gasteiger partial charge in [-0.05, 0) is 67.8 Å². The zero-order valence-electron chi connectivity index (χ0n) is 15.0. The van der Waals surface area contributed by atoms with Crippen LogP contribution in [0.1, 0.15) is 17.5 Å². The molecule has 7 heteroatoms. The summed E-state index contributed by atoms with van der Waals surface area (Å²) in [6.45, 7) is 0.198. The molecule has 2 N–H and O–H groups in total. The van der Waals surface area contributed by atoms with Crippen molar-refractivity contribution in [3.05, 3.63) is 57.6 Å². The Morgan fingerprint density at radius 2 is 1.48 bits per heavy atom. The van der Waals surface area contributed by atoms with Gasteiger partial charge in [-0.2, -0.15) is 0 Å². The summed E-state index contributed by atoms with van der Waals surface area (Å²) >= 11 is 11.8. The Balaban J connectivity index is 1.47. The molecule has 0 spiro atoms. The lowest BCUT2D eigenvalue weighted by atomic mass is 10.1. The van der Waals surface area contributed by atoms with Crippen LogP contribution in [0.3, 0.4) is 0 Å². The summed E-state index contributed by atoms with van der Waals surface area (Å²) in [7, 11) is 1.72. The molecule has 2 amide bonds. The predicted octanol–water partition coefficient (Wildman–Crippen LogP) is 3.99. The molecule has 0 heterocycles. The fourth-order valence-electron chi connectivity index (χ4n) is 3.17. The van der Waals surface area contributed by atoms with E-state index in [-0.39, 0.29) is 24.9 Å². The lowest BCUT2D eigenvalue weighted by Gasteiger charge is -2.16. The van der Waals surface area contributed by atoms with Gasteiger partial charge in [-0.15, -0.1) is 0 Å². The summed E-state index contributed by atoms with van der Waals surface area (Å²) in [4.78, 5) is 26.0. The van der Waals surface area contributed by atoms with Crippen molar-refractivity contribution in [1.82, 2.24) is 4.90 Å². The number of hydrogen-bond acceptors (Lipinski definition) is 3. The van der Waals surface area contributed by atoms with Crippen LogP contribution in [-0.2, 0) is 22.4 Å². The number of benzene rings is 2. The van der Waals surface area contributed by atoms with Gasteiger partial charge in [-0.3, -0.25) is 14.5 Å². The lowest BCUT2D eigenvalue weighted by molar-refractivity contribution is -0.119. The first-order valence-corrected chi connectivity index (χ1v) is 9.51. The monoisotopic (exact) mass is 405 g/mol. The van der Waals surface area contributed by atoms with Crippen LogP contribution in [-0.4, -0.2) is 36.9 Å². The van der Waals surface area contributed by atoms with Gasteiger partial charge in [0.1, 0.15) is 0 Å². The zero-order chi connectivity index (χ0) is 19.4. The molecule has 1 aliphatic carbocycles. The maximum Gasteiger partial charge on any atom is 0.238 e. The third-order valence-electron chi connectivity index (χ3n) is 4.41. The van der Waals surface area contributed by atoms with E-state index in [1.807, 2.05) is 12.1 Å². The third kappa shape index (κ3) is 5.45. The van der Waals surface area contributed by atoms with E-state index in [2.05, 4.69) is 16.7 Å². The topological polar surface area (TPSA) is 61.4 Å². The lowest BCUT2D eigenvalue weighted by Crippen LogP contribution is -2.36. The number of carbonyl (C=O) groups is 2. The second-order valence-electron chi connectivity index (χ2n) is 6.73. The summed E-state index contributed by atoms with van der Waals surface area (Å²) < 4.78 is 0. The summed E-state index contributed by atoms with van der Waals surface area (Å²) in [6, 6.07) is 10.9. The number of aryl methyl sites for hydroxylation is 2. The van der Waals surface area contributed by atoms with Crippen molar-refractivity contribution in [3.63, 3.8) is 0 Å². The molecule has 5 nitrogen and oxygen atoms in total. The largest absolute Gasteiger partial charge is 0.325 e. The zero-order valence-corrected chi connectivity index (χ0v) is 16.5. The molecular weight excluding hydrogens is 385 g/mol. The number of rotatable bonds is 6. The van der Waals surface area contributed by atoms with Gasteiger partial charge in [0.15, 0.2) is 0 Å². The minimum absolute atomic E-state index is 0.0812. The molecule has 142 valence electrons. The number of nitrogens with zero attached hydrogens (tertiary/aromatic N) is 1. The van der Waals surface area contributed by atoms with Crippen LogP contribution in [0, 0.1) is 0 Å². The summed E-state index contributed by atoms with van der Waals surface area (Å²) in [5.74, 6) is -0.390. The van der Waals surface area contributed by atoms with Gasteiger partial charge in [0.05, 0.1) is 23.1 Å². The SMILES string of the molecule is CN(CC(=O)Nc1ccc(Cl)c(Cl)c1)CC(=O)Nc1ccc2c(c1)CCC2. The Morgan fingerprint density at radius 3 is 2.15 bits per heavy atom. The standard InChI is InChI=1S/C20H21Cl2N3O2/c1-25(12-20(27)24-16-7-8-17(21)18(22)10-16)11-19(26)23-15-6-5-13-3-2-4-14(13)9-15/h5-10H,2-4,11-12H2,1H3,(H,23,26)(H,24,27). The van der Waals surface area contributed by atoms with E-state index in [1.54, 1.807) is 30.1 Å². The van der Waals surface area contributed by atoms with Gasteiger partial charge >= 0.3 is 0 Å². The minimum atomic E-state index is -0.235. The molecule has 27 heavy (non-hydrogen) atoms. The van der Waals surface area contributed by atoms with Crippen LogP contribution >= 0.6 is 23.2 Å². The quantitative estimate of drug-likeness (QED) is 0.763. The van der Waals surface area contributed by atoms with Crippen molar-refractivity contribution in [2.45, 2.75) is 19.3 Å². The van der Waals surface area contributed by atoms with Gasteiger partial charge in [-0.25, -0.2) is 0 Å². The second-order valence-corrected chi connectivity index (χ2v) is 7.55. The molecule has 0 fully saturated rings. The first-order chi connectivity index (χ1) is 12.9. The number of nitrogens with one attached hydrogen (secondary N) is 2. The molecule has 2 aromatic carbocycles. The van der Waals surface area contributed by atoms with Crippen LogP contribution in [0.5, 0.6) is 0 Å². The first kappa shape index (κ1) is 19.7. The predicted molar refractivity (Wildman–Crippen MR) is 110 cm³/mol. The maximum absolute atomic E-state index is 12.2. The highest BCUT2D eigenvalue weighted by Gasteiger charge is 2.14. The highest BCUT2D eigenvalue weighted by Crippen LogP contribution is 2.25. The van der Waals surface area contributed by atoms with Crippen LogP contribution in [0.15, 0.2) is 36.4 Å². The van der Waals surface area contributed by atoms with Crippen molar-refractivity contribution in [2.75, 3.05) is 30.8 Å². The van der Waals surface area contributed by atoms with E-state index in [9.17, 15) is 9.59 Å². The Labute approximate surface area is 168 Å². The van der Waals surface area contributed by atoms with Gasteiger partial charge in [0.25, 0.3) is 0 Å². The first-order valence-electron chi connectivity index (χ1n) is 8.76. The van der Waals surface area contributed by atoms with Crippen molar-refractivity contribution in [3.8, 4) is 0 Å². The van der Waals surface area contributed by atoms with Crippen molar-refractivity contribution < 1.29 is 9.59 Å². The van der Waals surface area contributed by atoms with E-state index < -0.39 is 0 Å². The van der Waals surface area contributed by atoms with E-state index >= 15 is 0 Å². The molecular formula is C20H21Cl2N3O2. The molecule has 0 aliphatic heterocycles. The highest BCUT2D eigenvalue weighted by molar-refractivity contribution is 6.42. The van der Waals surface area contributed by atoms with E-state index in [4.69, 9.17) is 23.2 Å². The average molecular weight is 406 g/mol. The highest BCUT2D eigenvalue weighted by atomic mass is 35.5. The van der Waals surface area contributed by atoms with Gasteiger partial charge in [0.2, 0.25) is 11.8 Å². The number of fused-ring (bicyclic) bond motifs is 1. The molecule has 3 rings (SSSR count). The molecule has 0 saturated carbocycles. The van der Waals surface area contributed by atoms with E-state index in [0.717, 1.165) is 18.5 Å². The molecule has 0 unspecified atom stereocenters. The fraction of sp³-hybridized carbons (Fsp3) is 0.300.